The van der Waals surface area contributed by atoms with E-state index in [2.05, 4.69) is 34.0 Å². The van der Waals surface area contributed by atoms with Gasteiger partial charge in [-0.25, -0.2) is 9.97 Å². The zero-order valence-electron chi connectivity index (χ0n) is 14.1. The molecule has 4 nitrogen and oxygen atoms in total. The Bertz CT molecular complexity index is 845. The molecule has 0 saturated heterocycles. The third kappa shape index (κ3) is 4.17. The Kier molecular flexibility index (Phi) is 5.67. The molecule has 0 fully saturated rings. The fraction of sp³-hybridized carbons (Fsp3) is 0.278. The van der Waals surface area contributed by atoms with Crippen molar-refractivity contribution >= 4 is 35.0 Å². The molecule has 0 spiro atoms. The van der Waals surface area contributed by atoms with E-state index in [4.69, 9.17) is 23.2 Å². The molecule has 2 aromatic heterocycles. The second kappa shape index (κ2) is 7.77. The highest BCUT2D eigenvalue weighted by atomic mass is 35.5. The smallest absolute Gasteiger partial charge is 0.115 e. The largest absolute Gasteiger partial charge is 0.271 e. The number of halogens is 2. The van der Waals surface area contributed by atoms with Crippen molar-refractivity contribution in [2.24, 2.45) is 5.92 Å². The van der Waals surface area contributed by atoms with E-state index in [1.807, 2.05) is 25.1 Å². The Morgan fingerprint density at radius 1 is 1.12 bits per heavy atom. The van der Waals surface area contributed by atoms with E-state index in [1.165, 1.54) is 0 Å². The normalized spacial score (nSPS) is 12.6. The topological polar surface area (TPSA) is 54.5 Å². The molecule has 0 aliphatic rings. The van der Waals surface area contributed by atoms with Gasteiger partial charge in [0.2, 0.25) is 0 Å². The molecule has 2 heterocycles. The summed E-state index contributed by atoms with van der Waals surface area (Å²) < 4.78 is 0. The van der Waals surface area contributed by atoms with Crippen LogP contribution in [0, 0.1) is 12.8 Å². The highest BCUT2D eigenvalue weighted by Gasteiger charge is 2.26. The van der Waals surface area contributed by atoms with Crippen LogP contribution < -0.4 is 0 Å². The standard InChI is InChI=1S/C18H18Cl2N4S/c1-10(2)16(15-4-5-21-9-22-15)17-11(3)23-24-18(17)25-14-7-12(19)6-13(20)8-14/h4-10,16H,1-3H3,(H,23,24). The van der Waals surface area contributed by atoms with Crippen molar-refractivity contribution in [3.63, 3.8) is 0 Å². The molecule has 130 valence electrons. The monoisotopic (exact) mass is 392 g/mol. The number of aryl methyl sites for hydroxylation is 1. The number of hydrogen-bond acceptors (Lipinski definition) is 4. The molecule has 1 atom stereocenters. The van der Waals surface area contributed by atoms with Crippen molar-refractivity contribution in [2.75, 3.05) is 0 Å². The second-order valence-corrected chi connectivity index (χ2v) is 8.07. The molecular weight excluding hydrogens is 375 g/mol. The minimum atomic E-state index is 0.124. The van der Waals surface area contributed by atoms with Crippen LogP contribution in [0.15, 0.2) is 46.7 Å². The highest BCUT2D eigenvalue weighted by Crippen LogP contribution is 2.40. The van der Waals surface area contributed by atoms with Crippen LogP contribution in [0.4, 0.5) is 0 Å². The van der Waals surface area contributed by atoms with Crippen molar-refractivity contribution in [1.82, 2.24) is 20.2 Å². The highest BCUT2D eigenvalue weighted by molar-refractivity contribution is 7.99. The maximum atomic E-state index is 6.13. The Labute approximate surface area is 161 Å². The summed E-state index contributed by atoms with van der Waals surface area (Å²) in [4.78, 5) is 9.47. The van der Waals surface area contributed by atoms with E-state index in [1.54, 1.807) is 30.4 Å². The summed E-state index contributed by atoms with van der Waals surface area (Å²) in [5.41, 5.74) is 3.10. The maximum Gasteiger partial charge on any atom is 0.115 e. The maximum absolute atomic E-state index is 6.13. The predicted octanol–water partition coefficient (Wildman–Crippen LogP) is 5.75. The third-order valence-corrected chi connectivity index (χ3v) is 5.34. The van der Waals surface area contributed by atoms with E-state index in [-0.39, 0.29) is 5.92 Å². The minimum Gasteiger partial charge on any atom is -0.271 e. The average molecular weight is 393 g/mol. The molecule has 0 bridgehead atoms. The van der Waals surface area contributed by atoms with Crippen LogP contribution in [0.25, 0.3) is 0 Å². The van der Waals surface area contributed by atoms with E-state index in [0.29, 0.717) is 16.0 Å². The fourth-order valence-corrected chi connectivity index (χ4v) is 4.62. The molecule has 0 radical (unpaired) electrons. The Morgan fingerprint density at radius 2 is 1.84 bits per heavy atom. The van der Waals surface area contributed by atoms with Gasteiger partial charge in [-0.2, -0.15) is 5.10 Å². The number of H-pyrrole nitrogens is 1. The molecule has 1 unspecified atom stereocenters. The van der Waals surface area contributed by atoms with Crippen LogP contribution in [0.5, 0.6) is 0 Å². The summed E-state index contributed by atoms with van der Waals surface area (Å²) in [6.45, 7) is 6.38. The minimum absolute atomic E-state index is 0.124. The number of nitrogens with one attached hydrogen (secondary N) is 1. The number of rotatable bonds is 5. The predicted molar refractivity (Wildman–Crippen MR) is 103 cm³/mol. The van der Waals surface area contributed by atoms with Crippen molar-refractivity contribution in [3.8, 4) is 0 Å². The number of aromatic amines is 1. The van der Waals surface area contributed by atoms with Crippen molar-refractivity contribution in [3.05, 3.63) is 63.8 Å². The lowest BCUT2D eigenvalue weighted by Crippen LogP contribution is -2.12. The molecule has 0 aliphatic heterocycles. The second-order valence-electron chi connectivity index (χ2n) is 6.11. The van der Waals surface area contributed by atoms with Gasteiger partial charge in [0.05, 0.1) is 16.4 Å². The van der Waals surface area contributed by atoms with Gasteiger partial charge in [-0.05, 0) is 37.1 Å². The molecular formula is C18H18Cl2N4S. The van der Waals surface area contributed by atoms with Gasteiger partial charge in [-0.1, -0.05) is 48.8 Å². The molecule has 3 rings (SSSR count). The molecule has 7 heteroatoms. The molecule has 0 amide bonds. The van der Waals surface area contributed by atoms with E-state index >= 15 is 0 Å². The number of nitrogens with zero attached hydrogens (tertiary/aromatic N) is 3. The van der Waals surface area contributed by atoms with Crippen LogP contribution in [0.3, 0.4) is 0 Å². The van der Waals surface area contributed by atoms with Gasteiger partial charge in [0.25, 0.3) is 0 Å². The van der Waals surface area contributed by atoms with Crippen LogP contribution in [-0.2, 0) is 0 Å². The SMILES string of the molecule is Cc1n[nH]c(Sc2cc(Cl)cc(Cl)c2)c1C(c1ccncn1)C(C)C. The van der Waals surface area contributed by atoms with Crippen LogP contribution >= 0.6 is 35.0 Å². The molecule has 25 heavy (non-hydrogen) atoms. The zero-order chi connectivity index (χ0) is 18.0. The first-order valence-electron chi connectivity index (χ1n) is 7.90. The molecule has 1 aromatic carbocycles. The van der Waals surface area contributed by atoms with Crippen molar-refractivity contribution in [1.29, 1.82) is 0 Å². The summed E-state index contributed by atoms with van der Waals surface area (Å²) in [5, 5.41) is 9.79. The fourth-order valence-electron chi connectivity index (χ4n) is 2.88. The Morgan fingerprint density at radius 3 is 2.44 bits per heavy atom. The number of benzene rings is 1. The number of aromatic nitrogens is 4. The van der Waals surface area contributed by atoms with Crippen LogP contribution in [-0.4, -0.2) is 20.2 Å². The molecule has 3 aromatic rings. The van der Waals surface area contributed by atoms with Gasteiger partial charge < -0.3 is 0 Å². The van der Waals surface area contributed by atoms with Crippen LogP contribution in [0.1, 0.15) is 36.7 Å². The zero-order valence-corrected chi connectivity index (χ0v) is 16.5. The number of hydrogen-bond donors (Lipinski definition) is 1. The van der Waals surface area contributed by atoms with E-state index < -0.39 is 0 Å². The van der Waals surface area contributed by atoms with Gasteiger partial charge in [-0.15, -0.1) is 0 Å². The van der Waals surface area contributed by atoms with Gasteiger partial charge in [-0.3, -0.25) is 5.10 Å². The summed E-state index contributed by atoms with van der Waals surface area (Å²) in [5.74, 6) is 0.479. The average Bonchev–Trinajstić information content (AvgIpc) is 2.88. The quantitative estimate of drug-likeness (QED) is 0.599. The Balaban J connectivity index is 2.03. The van der Waals surface area contributed by atoms with Crippen LogP contribution in [0.2, 0.25) is 10.0 Å². The van der Waals surface area contributed by atoms with Gasteiger partial charge in [0, 0.05) is 32.6 Å². The lowest BCUT2D eigenvalue weighted by Gasteiger charge is -2.21. The first-order valence-corrected chi connectivity index (χ1v) is 9.47. The van der Waals surface area contributed by atoms with Crippen molar-refractivity contribution < 1.29 is 0 Å². The lowest BCUT2D eigenvalue weighted by molar-refractivity contribution is 0.542. The van der Waals surface area contributed by atoms with Gasteiger partial charge in [0.1, 0.15) is 6.33 Å². The molecule has 0 saturated carbocycles. The first-order chi connectivity index (χ1) is 12.0. The van der Waals surface area contributed by atoms with Gasteiger partial charge >= 0.3 is 0 Å². The lowest BCUT2D eigenvalue weighted by atomic mass is 9.86. The summed E-state index contributed by atoms with van der Waals surface area (Å²) in [6.07, 6.45) is 3.36. The molecule has 0 aliphatic carbocycles. The summed E-state index contributed by atoms with van der Waals surface area (Å²) in [6, 6.07) is 7.48. The Hall–Kier alpha value is -1.56. The summed E-state index contributed by atoms with van der Waals surface area (Å²) >= 11 is 13.8. The van der Waals surface area contributed by atoms with E-state index in [9.17, 15) is 0 Å². The van der Waals surface area contributed by atoms with Crippen molar-refractivity contribution in [2.45, 2.75) is 36.6 Å². The van der Waals surface area contributed by atoms with E-state index in [0.717, 1.165) is 26.9 Å². The first kappa shape index (κ1) is 18.2. The molecule has 1 N–H and O–H groups in total. The third-order valence-electron chi connectivity index (χ3n) is 3.92. The van der Waals surface area contributed by atoms with Gasteiger partial charge in [0.15, 0.2) is 0 Å². The summed E-state index contributed by atoms with van der Waals surface area (Å²) in [7, 11) is 0.